The first-order valence-corrected chi connectivity index (χ1v) is 14.9. The molecular formula is C24H38N2OSSi. The molecule has 0 aliphatic heterocycles. The number of aromatic nitrogens is 2. The molecule has 29 heavy (non-hydrogen) atoms. The number of thiophene rings is 1. The molecule has 0 radical (unpaired) electrons. The summed E-state index contributed by atoms with van der Waals surface area (Å²) in [6, 6.07) is 5.11. The van der Waals surface area contributed by atoms with Crippen molar-refractivity contribution < 1.29 is 4.43 Å². The Bertz CT molecular complexity index is 822. The van der Waals surface area contributed by atoms with Crippen LogP contribution in [0.2, 0.25) is 18.1 Å². The van der Waals surface area contributed by atoms with Crippen LogP contribution in [0.25, 0.3) is 16.6 Å². The molecule has 0 N–H and O–H groups in total. The lowest BCUT2D eigenvalue weighted by Crippen LogP contribution is -2.40. The van der Waals surface area contributed by atoms with Gasteiger partial charge in [0.15, 0.2) is 8.32 Å². The average Bonchev–Trinajstić information content (AvgIpc) is 3.27. The van der Waals surface area contributed by atoms with Crippen LogP contribution in [0.5, 0.6) is 0 Å². The first kappa shape index (κ1) is 22.5. The minimum Gasteiger partial charge on any atom is -0.417 e. The Morgan fingerprint density at radius 1 is 1.21 bits per heavy atom. The second-order valence-electron chi connectivity index (χ2n) is 9.98. The molecule has 2 heterocycles. The SMILES string of the molecule is Cc1csc(-c2cc(C=CCCO[Si](C)(C)C(C)(C)C)nn2C2CCCCC2)c1. The molecule has 2 aromatic heterocycles. The largest absolute Gasteiger partial charge is 0.417 e. The summed E-state index contributed by atoms with van der Waals surface area (Å²) in [4.78, 5) is 1.33. The monoisotopic (exact) mass is 430 g/mol. The fourth-order valence-electron chi connectivity index (χ4n) is 3.65. The fraction of sp³-hybridized carbons (Fsp3) is 0.625. The maximum Gasteiger partial charge on any atom is 0.191 e. The molecule has 0 bridgehead atoms. The van der Waals surface area contributed by atoms with Crippen molar-refractivity contribution in [1.82, 2.24) is 9.78 Å². The Hall–Kier alpha value is -1.17. The summed E-state index contributed by atoms with van der Waals surface area (Å²) in [6.07, 6.45) is 11.9. The molecule has 3 nitrogen and oxygen atoms in total. The molecule has 1 fully saturated rings. The number of aryl methyl sites for hydroxylation is 1. The maximum absolute atomic E-state index is 6.29. The number of hydrogen-bond donors (Lipinski definition) is 0. The second kappa shape index (κ2) is 9.32. The van der Waals surface area contributed by atoms with E-state index < -0.39 is 8.32 Å². The third-order valence-electron chi connectivity index (χ3n) is 6.50. The topological polar surface area (TPSA) is 27.1 Å². The van der Waals surface area contributed by atoms with E-state index in [1.165, 1.54) is 48.2 Å². The maximum atomic E-state index is 6.29. The molecule has 160 valence electrons. The Kier molecular flexibility index (Phi) is 7.23. The number of hydrogen-bond acceptors (Lipinski definition) is 3. The highest BCUT2D eigenvalue weighted by atomic mass is 32.1. The van der Waals surface area contributed by atoms with E-state index >= 15 is 0 Å². The van der Waals surface area contributed by atoms with E-state index in [4.69, 9.17) is 9.52 Å². The van der Waals surface area contributed by atoms with E-state index in [9.17, 15) is 0 Å². The van der Waals surface area contributed by atoms with E-state index in [-0.39, 0.29) is 5.04 Å². The molecule has 0 unspecified atom stereocenters. The summed E-state index contributed by atoms with van der Waals surface area (Å²) in [6.45, 7) is 14.5. The lowest BCUT2D eigenvalue weighted by molar-refractivity contribution is 0.294. The highest BCUT2D eigenvalue weighted by molar-refractivity contribution is 7.13. The lowest BCUT2D eigenvalue weighted by Gasteiger charge is -2.36. The molecule has 3 rings (SSSR count). The van der Waals surface area contributed by atoms with Gasteiger partial charge in [-0.25, -0.2) is 0 Å². The zero-order valence-electron chi connectivity index (χ0n) is 19.1. The second-order valence-corrected chi connectivity index (χ2v) is 15.7. The van der Waals surface area contributed by atoms with Crippen molar-refractivity contribution in [2.24, 2.45) is 0 Å². The van der Waals surface area contributed by atoms with Crippen molar-refractivity contribution in [2.75, 3.05) is 6.61 Å². The van der Waals surface area contributed by atoms with Crippen molar-refractivity contribution in [2.45, 2.75) is 90.4 Å². The normalized spacial score (nSPS) is 16.8. The molecule has 0 spiro atoms. The van der Waals surface area contributed by atoms with Gasteiger partial charge < -0.3 is 4.43 Å². The minimum atomic E-state index is -1.66. The molecule has 0 amide bonds. The van der Waals surface area contributed by atoms with Gasteiger partial charge in [-0.1, -0.05) is 46.1 Å². The van der Waals surface area contributed by atoms with Gasteiger partial charge in [-0.2, -0.15) is 5.10 Å². The van der Waals surface area contributed by atoms with Gasteiger partial charge >= 0.3 is 0 Å². The van der Waals surface area contributed by atoms with Crippen LogP contribution < -0.4 is 0 Å². The van der Waals surface area contributed by atoms with Gasteiger partial charge in [0.2, 0.25) is 0 Å². The Labute approximate surface area is 182 Å². The van der Waals surface area contributed by atoms with E-state index in [0.717, 1.165) is 18.7 Å². The Balaban J connectivity index is 1.69. The molecular weight excluding hydrogens is 392 g/mol. The van der Waals surface area contributed by atoms with Gasteiger partial charge in [0, 0.05) is 6.61 Å². The zero-order chi connectivity index (χ0) is 21.1. The summed E-state index contributed by atoms with van der Waals surface area (Å²) in [5.41, 5.74) is 3.69. The van der Waals surface area contributed by atoms with Crippen molar-refractivity contribution in [3.8, 4) is 10.6 Å². The summed E-state index contributed by atoms with van der Waals surface area (Å²) < 4.78 is 8.61. The van der Waals surface area contributed by atoms with Crippen LogP contribution in [0.4, 0.5) is 0 Å². The van der Waals surface area contributed by atoms with Crippen molar-refractivity contribution in [1.29, 1.82) is 0 Å². The fourth-order valence-corrected chi connectivity index (χ4v) is 5.62. The molecule has 0 saturated heterocycles. The molecule has 1 saturated carbocycles. The highest BCUT2D eigenvalue weighted by Crippen LogP contribution is 2.37. The van der Waals surface area contributed by atoms with Crippen molar-refractivity contribution in [3.63, 3.8) is 0 Å². The first-order valence-electron chi connectivity index (χ1n) is 11.1. The zero-order valence-corrected chi connectivity index (χ0v) is 20.9. The third kappa shape index (κ3) is 5.71. The van der Waals surface area contributed by atoms with Gasteiger partial charge in [-0.05, 0) is 73.5 Å². The van der Waals surface area contributed by atoms with E-state index in [1.54, 1.807) is 0 Å². The number of rotatable bonds is 7. The Morgan fingerprint density at radius 2 is 1.93 bits per heavy atom. The van der Waals surface area contributed by atoms with Gasteiger partial charge in [-0.3, -0.25) is 4.68 Å². The highest BCUT2D eigenvalue weighted by Gasteiger charge is 2.36. The molecule has 1 aliphatic rings. The minimum absolute atomic E-state index is 0.267. The van der Waals surface area contributed by atoms with E-state index in [0.29, 0.717) is 6.04 Å². The summed E-state index contributed by atoms with van der Waals surface area (Å²) in [5, 5.41) is 7.51. The van der Waals surface area contributed by atoms with Crippen molar-refractivity contribution in [3.05, 3.63) is 34.8 Å². The summed E-state index contributed by atoms with van der Waals surface area (Å²) in [7, 11) is -1.66. The lowest BCUT2D eigenvalue weighted by atomic mass is 9.95. The van der Waals surface area contributed by atoms with Crippen molar-refractivity contribution >= 4 is 25.7 Å². The molecule has 0 aromatic carbocycles. The summed E-state index contributed by atoms with van der Waals surface area (Å²) >= 11 is 1.83. The summed E-state index contributed by atoms with van der Waals surface area (Å²) in [5.74, 6) is 0. The average molecular weight is 431 g/mol. The standard InChI is InChI=1S/C24H38N2OSSi/c1-19-16-23(28-18-19)22-17-20(25-26(22)21-13-8-7-9-14-21)12-10-11-15-27-29(5,6)24(2,3)4/h10,12,16-18,21H,7-9,11,13-15H2,1-6H3. The van der Waals surface area contributed by atoms with Crippen LogP contribution in [0.15, 0.2) is 23.6 Å². The third-order valence-corrected chi connectivity index (χ3v) is 12.1. The van der Waals surface area contributed by atoms with Gasteiger partial charge in [0.25, 0.3) is 0 Å². The van der Waals surface area contributed by atoms with E-state index in [1.807, 2.05) is 11.3 Å². The van der Waals surface area contributed by atoms with Crippen LogP contribution in [0.1, 0.15) is 76.6 Å². The van der Waals surface area contributed by atoms with Gasteiger partial charge in [-0.15, -0.1) is 11.3 Å². The van der Waals surface area contributed by atoms with Crippen LogP contribution in [0, 0.1) is 6.92 Å². The van der Waals surface area contributed by atoms with Gasteiger partial charge in [0.1, 0.15) is 0 Å². The predicted molar refractivity (Wildman–Crippen MR) is 129 cm³/mol. The molecule has 2 aromatic rings. The van der Waals surface area contributed by atoms with Crippen LogP contribution >= 0.6 is 11.3 Å². The quantitative estimate of drug-likeness (QED) is 0.330. The predicted octanol–water partition coefficient (Wildman–Crippen LogP) is 7.85. The first-order chi connectivity index (χ1) is 13.7. The van der Waals surface area contributed by atoms with Gasteiger partial charge in [0.05, 0.1) is 22.3 Å². The Morgan fingerprint density at radius 3 is 2.55 bits per heavy atom. The number of nitrogens with zero attached hydrogens (tertiary/aromatic N) is 2. The van der Waals surface area contributed by atoms with Crippen LogP contribution in [-0.2, 0) is 4.43 Å². The van der Waals surface area contributed by atoms with Crippen LogP contribution in [0.3, 0.4) is 0 Å². The molecule has 1 aliphatic carbocycles. The molecule has 0 atom stereocenters. The molecule has 5 heteroatoms. The smallest absolute Gasteiger partial charge is 0.191 e. The van der Waals surface area contributed by atoms with Crippen LogP contribution in [-0.4, -0.2) is 24.7 Å². The van der Waals surface area contributed by atoms with E-state index in [2.05, 4.69) is 75.1 Å².